The molecule has 0 bridgehead atoms. The third kappa shape index (κ3) is 4.58. The van der Waals surface area contributed by atoms with Crippen LogP contribution in [0, 0.1) is 3.95 Å². The van der Waals surface area contributed by atoms with E-state index in [1.54, 1.807) is 23.8 Å². The lowest BCUT2D eigenvalue weighted by Crippen LogP contribution is -2.01. The fourth-order valence-electron chi connectivity index (χ4n) is 2.09. The number of ether oxygens (including phenoxy) is 1. The van der Waals surface area contributed by atoms with Gasteiger partial charge in [0.05, 0.1) is 12.0 Å². The van der Waals surface area contributed by atoms with E-state index in [1.165, 1.54) is 11.3 Å². The summed E-state index contributed by atoms with van der Waals surface area (Å²) in [6, 6.07) is 7.54. The summed E-state index contributed by atoms with van der Waals surface area (Å²) in [5, 5.41) is 18.9. The van der Waals surface area contributed by atoms with Gasteiger partial charge in [-0.25, -0.2) is 0 Å². The van der Waals surface area contributed by atoms with E-state index in [4.69, 9.17) is 22.1 Å². The van der Waals surface area contributed by atoms with Crippen LogP contribution in [0.5, 0.6) is 11.6 Å². The van der Waals surface area contributed by atoms with Crippen LogP contribution < -0.4 is 4.74 Å². The Balaban J connectivity index is 2.19. The van der Waals surface area contributed by atoms with Crippen LogP contribution in [0.1, 0.15) is 23.3 Å². The number of aliphatic carboxylic acids is 1. The minimum atomic E-state index is -0.865. The Hall–Kier alpha value is -2.34. The lowest BCUT2D eigenvalue weighted by Gasteiger charge is -2.02. The number of carboxylic acid groups (broad SMARTS) is 1. The Kier molecular flexibility index (Phi) is 6.37. The highest BCUT2D eigenvalue weighted by atomic mass is 32.1. The molecule has 1 aromatic carbocycles. The monoisotopic (exact) mass is 363 g/mol. The lowest BCUT2D eigenvalue weighted by atomic mass is 10.2. The van der Waals surface area contributed by atoms with E-state index in [0.29, 0.717) is 21.8 Å². The molecule has 2 rings (SSSR count). The highest BCUT2D eigenvalue weighted by Crippen LogP contribution is 2.28. The van der Waals surface area contributed by atoms with Gasteiger partial charge >= 0.3 is 5.97 Å². The molecule has 2 aromatic rings. The summed E-state index contributed by atoms with van der Waals surface area (Å²) >= 11 is 6.47. The molecule has 0 fully saturated rings. The van der Waals surface area contributed by atoms with Gasteiger partial charge < -0.3 is 14.9 Å². The minimum absolute atomic E-state index is 0.0376. The molecule has 1 heterocycles. The van der Waals surface area contributed by atoms with Gasteiger partial charge in [0, 0.05) is 24.6 Å². The Morgan fingerprint density at radius 2 is 2.17 bits per heavy atom. The van der Waals surface area contributed by atoms with E-state index in [-0.39, 0.29) is 12.3 Å². The van der Waals surface area contributed by atoms with Crippen molar-refractivity contribution in [2.75, 3.05) is 7.11 Å². The SMILES string of the molecule is COc1ccccc1C=C=Cc1sc(=S)n(CCCC(=O)O)c1O. The first kappa shape index (κ1) is 18.0. The van der Waals surface area contributed by atoms with Crippen LogP contribution in [0.2, 0.25) is 0 Å². The zero-order valence-corrected chi connectivity index (χ0v) is 14.7. The minimum Gasteiger partial charge on any atom is -0.496 e. The van der Waals surface area contributed by atoms with Gasteiger partial charge in [0.25, 0.3) is 0 Å². The molecule has 0 saturated carbocycles. The summed E-state index contributed by atoms with van der Waals surface area (Å²) in [5.74, 6) is -0.0890. The van der Waals surface area contributed by atoms with Crippen molar-refractivity contribution in [1.82, 2.24) is 4.57 Å². The number of benzene rings is 1. The maximum Gasteiger partial charge on any atom is 0.303 e. The average molecular weight is 363 g/mol. The number of nitrogens with zero attached hydrogens (tertiary/aromatic N) is 1. The highest BCUT2D eigenvalue weighted by Gasteiger charge is 2.09. The van der Waals surface area contributed by atoms with Crippen molar-refractivity contribution < 1.29 is 19.7 Å². The van der Waals surface area contributed by atoms with Gasteiger partial charge in [-0.05, 0) is 30.8 Å². The van der Waals surface area contributed by atoms with Gasteiger partial charge in [0.2, 0.25) is 5.88 Å². The maximum absolute atomic E-state index is 10.6. The van der Waals surface area contributed by atoms with Gasteiger partial charge in [-0.2, -0.15) is 0 Å². The zero-order chi connectivity index (χ0) is 17.5. The van der Waals surface area contributed by atoms with Crippen molar-refractivity contribution in [3.05, 3.63) is 44.4 Å². The van der Waals surface area contributed by atoms with Crippen molar-refractivity contribution in [2.45, 2.75) is 19.4 Å². The summed E-state index contributed by atoms with van der Waals surface area (Å²) in [5.41, 5.74) is 3.89. The molecule has 126 valence electrons. The molecule has 0 saturated heterocycles. The molecule has 0 aliphatic carbocycles. The van der Waals surface area contributed by atoms with Gasteiger partial charge in [0.1, 0.15) is 5.75 Å². The predicted octanol–water partition coefficient (Wildman–Crippen LogP) is 4.18. The average Bonchev–Trinajstić information content (AvgIpc) is 2.82. The molecular formula is C17H17NO4S2. The Morgan fingerprint density at radius 3 is 2.88 bits per heavy atom. The molecule has 0 atom stereocenters. The number of hydrogen-bond donors (Lipinski definition) is 2. The molecule has 1 aromatic heterocycles. The van der Waals surface area contributed by atoms with Crippen LogP contribution in [0.3, 0.4) is 0 Å². The summed E-state index contributed by atoms with van der Waals surface area (Å²) in [4.78, 5) is 11.2. The molecule has 0 aliphatic heterocycles. The Labute approximate surface area is 148 Å². The predicted molar refractivity (Wildman–Crippen MR) is 97.1 cm³/mol. The van der Waals surface area contributed by atoms with Crippen LogP contribution in [-0.4, -0.2) is 27.9 Å². The number of carboxylic acids is 1. The van der Waals surface area contributed by atoms with Crippen LogP contribution in [-0.2, 0) is 11.3 Å². The van der Waals surface area contributed by atoms with Crippen molar-refractivity contribution in [2.24, 2.45) is 0 Å². The van der Waals surface area contributed by atoms with Crippen LogP contribution in [0.4, 0.5) is 0 Å². The first-order chi connectivity index (χ1) is 11.5. The number of hydrogen-bond acceptors (Lipinski definition) is 5. The van der Waals surface area contributed by atoms with E-state index in [1.807, 2.05) is 24.3 Å². The van der Waals surface area contributed by atoms with Crippen LogP contribution in [0.25, 0.3) is 12.2 Å². The van der Waals surface area contributed by atoms with E-state index >= 15 is 0 Å². The standard InChI is InChI=1S/C17H17NO4S2/c1-22-13-8-3-2-6-12(13)7-4-9-14-16(21)18(17(23)24-14)11-5-10-15(19)20/h2-3,6-9,21H,5,10-11H2,1H3,(H,19,20). The van der Waals surface area contributed by atoms with Crippen LogP contribution >= 0.6 is 23.6 Å². The van der Waals surface area contributed by atoms with Gasteiger partial charge in [-0.3, -0.25) is 9.36 Å². The third-order valence-corrected chi connectivity index (χ3v) is 4.64. The molecule has 7 heteroatoms. The zero-order valence-electron chi connectivity index (χ0n) is 13.1. The van der Waals surface area contributed by atoms with E-state index in [2.05, 4.69) is 5.73 Å². The number of aromatic hydroxyl groups is 1. The van der Waals surface area contributed by atoms with Crippen molar-refractivity contribution in [3.63, 3.8) is 0 Å². The third-order valence-electron chi connectivity index (χ3n) is 3.26. The number of methoxy groups -OCH3 is 1. The second-order valence-electron chi connectivity index (χ2n) is 4.90. The van der Waals surface area contributed by atoms with Crippen molar-refractivity contribution in [3.8, 4) is 11.6 Å². The fraction of sp³-hybridized carbons (Fsp3) is 0.235. The molecule has 5 nitrogen and oxygen atoms in total. The lowest BCUT2D eigenvalue weighted by molar-refractivity contribution is -0.137. The summed E-state index contributed by atoms with van der Waals surface area (Å²) in [7, 11) is 1.60. The number of aromatic nitrogens is 1. The first-order valence-corrected chi connectivity index (χ1v) is 8.45. The first-order valence-electron chi connectivity index (χ1n) is 7.23. The molecule has 0 aliphatic rings. The number of carbonyl (C=O) groups is 1. The molecule has 24 heavy (non-hydrogen) atoms. The summed E-state index contributed by atoms with van der Waals surface area (Å²) in [6.07, 6.45) is 3.86. The molecule has 0 unspecified atom stereocenters. The topological polar surface area (TPSA) is 71.7 Å². The number of para-hydroxylation sites is 1. The van der Waals surface area contributed by atoms with E-state index < -0.39 is 5.97 Å². The normalized spacial score (nSPS) is 10.0. The second-order valence-corrected chi connectivity index (χ2v) is 6.58. The number of rotatable bonds is 7. The summed E-state index contributed by atoms with van der Waals surface area (Å²) in [6.45, 7) is 0.373. The van der Waals surface area contributed by atoms with E-state index in [0.717, 1.165) is 11.3 Å². The fourth-order valence-corrected chi connectivity index (χ4v) is 3.34. The van der Waals surface area contributed by atoms with Crippen LogP contribution in [0.15, 0.2) is 30.0 Å². The highest BCUT2D eigenvalue weighted by molar-refractivity contribution is 7.73. The van der Waals surface area contributed by atoms with Crippen molar-refractivity contribution >= 4 is 41.7 Å². The van der Waals surface area contributed by atoms with Gasteiger partial charge in [-0.1, -0.05) is 18.2 Å². The quantitative estimate of drug-likeness (QED) is 0.570. The molecule has 0 spiro atoms. The molecule has 2 N–H and O–H groups in total. The maximum atomic E-state index is 10.6. The Bertz CT molecular complexity index is 845. The van der Waals surface area contributed by atoms with E-state index in [9.17, 15) is 9.90 Å². The van der Waals surface area contributed by atoms with Gasteiger partial charge in [0.15, 0.2) is 3.95 Å². The smallest absolute Gasteiger partial charge is 0.303 e. The van der Waals surface area contributed by atoms with Gasteiger partial charge in [-0.15, -0.1) is 17.1 Å². The Morgan fingerprint density at radius 1 is 1.42 bits per heavy atom. The molecule has 0 radical (unpaired) electrons. The molecule has 0 amide bonds. The summed E-state index contributed by atoms with van der Waals surface area (Å²) < 4.78 is 7.30. The largest absolute Gasteiger partial charge is 0.496 e. The molecular weight excluding hydrogens is 346 g/mol. The number of thiazole rings is 1. The van der Waals surface area contributed by atoms with Crippen molar-refractivity contribution in [1.29, 1.82) is 0 Å². The second kappa shape index (κ2) is 8.49.